The number of alkyl carbamates (subject to hydrolysis) is 1. The van der Waals surface area contributed by atoms with Crippen LogP contribution < -0.4 is 5.32 Å². The van der Waals surface area contributed by atoms with Gasteiger partial charge in [-0.2, -0.15) is 0 Å². The lowest BCUT2D eigenvalue weighted by atomic mass is 9.41. The Morgan fingerprint density at radius 1 is 0.944 bits per heavy atom. The van der Waals surface area contributed by atoms with Crippen LogP contribution in [0.1, 0.15) is 104 Å². The molecule has 5 fully saturated rings. The highest BCUT2D eigenvalue weighted by atomic mass is 16.5. The number of aliphatic hydroxyl groups excluding tert-OH is 3. The molecule has 0 bridgehead atoms. The normalized spacial score (nSPS) is 50.2. The molecular formula is C30H51NO5. The van der Waals surface area contributed by atoms with Gasteiger partial charge in [0.15, 0.2) is 0 Å². The molecule has 0 spiro atoms. The highest BCUT2D eigenvalue weighted by Crippen LogP contribution is 2.69. The number of fused-ring (bicyclic) bond motifs is 5. The van der Waals surface area contributed by atoms with Gasteiger partial charge in [-0.1, -0.05) is 27.2 Å². The number of hydrogen-bond acceptors (Lipinski definition) is 5. The zero-order chi connectivity index (χ0) is 25.7. The molecule has 5 aliphatic rings. The van der Waals surface area contributed by atoms with E-state index in [1.165, 1.54) is 25.7 Å². The number of rotatable bonds is 6. The summed E-state index contributed by atoms with van der Waals surface area (Å²) in [5.41, 5.74) is 0.505. The minimum Gasteiger partial charge on any atom is -0.450 e. The fraction of sp³-hybridized carbons (Fsp3) is 0.967. The van der Waals surface area contributed by atoms with Crippen molar-refractivity contribution in [2.24, 2.45) is 46.3 Å². The first-order valence-corrected chi connectivity index (χ1v) is 15.2. The molecule has 0 saturated heterocycles. The van der Waals surface area contributed by atoms with Gasteiger partial charge in [0.25, 0.3) is 0 Å². The molecule has 5 saturated carbocycles. The monoisotopic (exact) mass is 505 g/mol. The highest BCUT2D eigenvalue weighted by molar-refractivity contribution is 5.67. The number of nitrogens with one attached hydrogen (secondary N) is 1. The minimum absolute atomic E-state index is 0.162. The maximum atomic E-state index is 12.2. The van der Waals surface area contributed by atoms with E-state index in [2.05, 4.69) is 26.1 Å². The van der Waals surface area contributed by atoms with Gasteiger partial charge >= 0.3 is 6.09 Å². The highest BCUT2D eigenvalue weighted by Gasteiger charge is 2.64. The summed E-state index contributed by atoms with van der Waals surface area (Å²) in [4.78, 5) is 12.2. The van der Waals surface area contributed by atoms with Gasteiger partial charge in [0, 0.05) is 0 Å². The lowest BCUT2D eigenvalue weighted by Gasteiger charge is -2.64. The van der Waals surface area contributed by atoms with Crippen molar-refractivity contribution in [3.8, 4) is 0 Å². The lowest BCUT2D eigenvalue weighted by molar-refractivity contribution is -0.202. The van der Waals surface area contributed by atoms with Crippen molar-refractivity contribution in [3.05, 3.63) is 0 Å². The van der Waals surface area contributed by atoms with Crippen molar-refractivity contribution >= 4 is 6.09 Å². The Labute approximate surface area is 218 Å². The van der Waals surface area contributed by atoms with Crippen LogP contribution in [0.15, 0.2) is 0 Å². The van der Waals surface area contributed by atoms with Crippen LogP contribution in [-0.2, 0) is 4.74 Å². The van der Waals surface area contributed by atoms with Gasteiger partial charge in [-0.15, -0.1) is 0 Å². The van der Waals surface area contributed by atoms with E-state index >= 15 is 0 Å². The van der Waals surface area contributed by atoms with Crippen LogP contribution in [0.4, 0.5) is 4.79 Å². The molecular weight excluding hydrogens is 454 g/mol. The number of aliphatic hydroxyl groups is 3. The van der Waals surface area contributed by atoms with Crippen LogP contribution in [-0.4, -0.2) is 52.4 Å². The Balaban J connectivity index is 1.20. The summed E-state index contributed by atoms with van der Waals surface area (Å²) >= 11 is 0. The summed E-state index contributed by atoms with van der Waals surface area (Å²) in [5.74, 6) is 2.90. The van der Waals surface area contributed by atoms with Gasteiger partial charge in [-0.25, -0.2) is 4.79 Å². The van der Waals surface area contributed by atoms with E-state index < -0.39 is 12.2 Å². The molecule has 5 aliphatic carbocycles. The number of hydrogen-bond donors (Lipinski definition) is 4. The van der Waals surface area contributed by atoms with E-state index in [1.54, 1.807) is 0 Å². The second kappa shape index (κ2) is 10.4. The average Bonchev–Trinajstić information content (AvgIpc) is 3.40. The average molecular weight is 506 g/mol. The summed E-state index contributed by atoms with van der Waals surface area (Å²) in [5, 5.41) is 35.0. The molecule has 12 atom stereocenters. The van der Waals surface area contributed by atoms with Crippen molar-refractivity contribution in [2.75, 3.05) is 6.61 Å². The quantitative estimate of drug-likeness (QED) is 0.379. The molecule has 0 aliphatic heterocycles. The van der Waals surface area contributed by atoms with Crippen LogP contribution in [0.5, 0.6) is 0 Å². The third-order valence-corrected chi connectivity index (χ3v) is 12.3. The maximum absolute atomic E-state index is 12.2. The number of amides is 1. The van der Waals surface area contributed by atoms with Crippen LogP contribution in [0, 0.1) is 46.3 Å². The topological polar surface area (TPSA) is 99.0 Å². The number of ether oxygens (including phenoxy) is 1. The summed E-state index contributed by atoms with van der Waals surface area (Å²) in [7, 11) is 0. The molecule has 0 unspecified atom stereocenters. The van der Waals surface area contributed by atoms with Crippen molar-refractivity contribution in [3.63, 3.8) is 0 Å². The molecule has 0 heterocycles. The molecule has 4 N–H and O–H groups in total. The molecule has 206 valence electrons. The molecule has 0 radical (unpaired) electrons. The summed E-state index contributed by atoms with van der Waals surface area (Å²) in [6, 6.07) is -0.162. The van der Waals surface area contributed by atoms with E-state index in [-0.39, 0.29) is 29.1 Å². The van der Waals surface area contributed by atoms with Gasteiger partial charge in [-0.3, -0.25) is 0 Å². The van der Waals surface area contributed by atoms with Crippen molar-refractivity contribution < 1.29 is 24.9 Å². The van der Waals surface area contributed by atoms with Crippen LogP contribution >= 0.6 is 0 Å². The van der Waals surface area contributed by atoms with Crippen molar-refractivity contribution in [2.45, 2.75) is 129 Å². The Bertz CT molecular complexity index is 791. The Hall–Kier alpha value is -0.850. The largest absolute Gasteiger partial charge is 0.450 e. The minimum atomic E-state index is -0.443. The predicted octanol–water partition coefficient (Wildman–Crippen LogP) is 5.03. The Kier molecular flexibility index (Phi) is 7.71. The van der Waals surface area contributed by atoms with Gasteiger partial charge in [0.2, 0.25) is 0 Å². The second-order valence-electron chi connectivity index (χ2n) is 13.7. The zero-order valence-electron chi connectivity index (χ0n) is 22.8. The van der Waals surface area contributed by atoms with Gasteiger partial charge in [-0.05, 0) is 123 Å². The zero-order valence-corrected chi connectivity index (χ0v) is 22.8. The summed E-state index contributed by atoms with van der Waals surface area (Å²) < 4.78 is 5.47. The van der Waals surface area contributed by atoms with Crippen LogP contribution in [0.2, 0.25) is 0 Å². The van der Waals surface area contributed by atoms with Crippen molar-refractivity contribution in [1.82, 2.24) is 5.32 Å². The molecule has 5 rings (SSSR count). The smallest absolute Gasteiger partial charge is 0.407 e. The maximum Gasteiger partial charge on any atom is 0.407 e. The first-order valence-electron chi connectivity index (χ1n) is 15.2. The van der Waals surface area contributed by atoms with E-state index in [9.17, 15) is 20.1 Å². The number of carbonyl (C=O) groups is 1. The van der Waals surface area contributed by atoms with Gasteiger partial charge < -0.3 is 25.4 Å². The molecule has 36 heavy (non-hydrogen) atoms. The van der Waals surface area contributed by atoms with Crippen LogP contribution in [0.3, 0.4) is 0 Å². The first-order chi connectivity index (χ1) is 17.2. The second-order valence-corrected chi connectivity index (χ2v) is 13.7. The van der Waals surface area contributed by atoms with E-state index in [1.807, 2.05) is 0 Å². The van der Waals surface area contributed by atoms with Crippen molar-refractivity contribution in [1.29, 1.82) is 0 Å². The summed E-state index contributed by atoms with van der Waals surface area (Å²) in [6.07, 6.45) is 11.9. The third-order valence-electron chi connectivity index (χ3n) is 12.3. The Morgan fingerprint density at radius 2 is 1.69 bits per heavy atom. The SMILES string of the molecule is CC[C@H]1[C@@H](O)[C@@H]2[C@H](CC[C@]3(C)[C@@H](CCCOC(=O)N[C@H]4CCC[C@@H]4O)CC[C@@H]23)[C@@]2(C)CC[C@@H](O)C[C@@H]12. The third kappa shape index (κ3) is 4.51. The molecule has 0 aromatic rings. The van der Waals surface area contributed by atoms with E-state index in [0.717, 1.165) is 57.8 Å². The molecule has 6 nitrogen and oxygen atoms in total. The molecule has 0 aromatic carbocycles. The molecule has 6 heteroatoms. The van der Waals surface area contributed by atoms with Gasteiger partial charge in [0.1, 0.15) is 0 Å². The fourth-order valence-corrected chi connectivity index (χ4v) is 10.3. The summed E-state index contributed by atoms with van der Waals surface area (Å²) in [6.45, 7) is 7.66. The van der Waals surface area contributed by atoms with E-state index in [0.29, 0.717) is 42.1 Å². The standard InChI is InChI=1S/C30H51NO5/c1-4-20-23-17-19(32)12-14-30(23,3)22-13-15-29(2)18(10-11-21(29)26(22)27(20)34)7-6-16-36-28(35)31-24-8-5-9-25(24)33/h18-27,32-34H,4-17H2,1-3H3,(H,31,35)/t18-,19+,20+,21-,22-,23-,24-,25-,26-,27+,29+,30+/m0/s1. The number of carbonyl (C=O) groups excluding carboxylic acids is 1. The predicted molar refractivity (Wildman–Crippen MR) is 139 cm³/mol. The molecule has 1 amide bonds. The fourth-order valence-electron chi connectivity index (χ4n) is 10.3. The Morgan fingerprint density at radius 3 is 2.42 bits per heavy atom. The molecule has 0 aromatic heterocycles. The first kappa shape index (κ1) is 26.7. The lowest BCUT2D eigenvalue weighted by Crippen LogP contribution is -2.62. The van der Waals surface area contributed by atoms with Crippen LogP contribution in [0.25, 0.3) is 0 Å². The van der Waals surface area contributed by atoms with Gasteiger partial charge in [0.05, 0.1) is 31.0 Å². The van der Waals surface area contributed by atoms with E-state index in [4.69, 9.17) is 4.74 Å².